The Kier molecular flexibility index (Phi) is 9.70. The van der Waals surface area contributed by atoms with E-state index in [-0.39, 0.29) is 29.4 Å². The minimum atomic E-state index is 0. The molecule has 0 amide bonds. The van der Waals surface area contributed by atoms with Crippen LogP contribution in [0, 0.1) is 0 Å². The maximum Gasteiger partial charge on any atom is 0.191 e. The van der Waals surface area contributed by atoms with Crippen molar-refractivity contribution in [2.45, 2.75) is 64.3 Å². The fourth-order valence-corrected chi connectivity index (χ4v) is 4.88. The summed E-state index contributed by atoms with van der Waals surface area (Å²) in [5.74, 6) is 1.93. The van der Waals surface area contributed by atoms with Gasteiger partial charge in [-0.15, -0.1) is 45.5 Å². The van der Waals surface area contributed by atoms with Crippen LogP contribution in [0.4, 0.5) is 0 Å². The van der Waals surface area contributed by atoms with Crippen LogP contribution in [0.5, 0.6) is 0 Å². The monoisotopic (exact) mass is 516 g/mol. The van der Waals surface area contributed by atoms with Crippen molar-refractivity contribution in [1.29, 1.82) is 0 Å². The Balaban J connectivity index is 0.00000280. The van der Waals surface area contributed by atoms with Crippen LogP contribution in [0.25, 0.3) is 0 Å². The quantitative estimate of drug-likeness (QED) is 0.317. The van der Waals surface area contributed by atoms with Crippen LogP contribution in [-0.2, 0) is 18.4 Å². The minimum Gasteiger partial charge on any atom is -0.357 e. The molecule has 1 aliphatic rings. The van der Waals surface area contributed by atoms with E-state index >= 15 is 0 Å². The van der Waals surface area contributed by atoms with E-state index in [9.17, 15) is 0 Å². The molecule has 0 aromatic carbocycles. The number of hydrogen-bond donors (Lipinski definition) is 2. The average Bonchev–Trinajstić information content (AvgIpc) is 3.39. The van der Waals surface area contributed by atoms with Crippen molar-refractivity contribution in [3.05, 3.63) is 34.5 Å². The van der Waals surface area contributed by atoms with Gasteiger partial charge >= 0.3 is 0 Å². The molecule has 156 valence electrons. The standard InChI is InChI=1S/C20H32N6S.HI/c1-3-18-25-24-16-26(18)13-12-22-19(21-4-2)23-15-20(10-6-5-7-11-20)17-9-8-14-27-17;/h8-9,14,16H,3-7,10-13,15H2,1-2H3,(H2,21,22,23);1H. The maximum atomic E-state index is 4.99. The molecule has 0 saturated heterocycles. The van der Waals surface area contributed by atoms with E-state index in [0.717, 1.165) is 44.4 Å². The van der Waals surface area contributed by atoms with E-state index in [2.05, 4.69) is 56.8 Å². The molecule has 6 nitrogen and oxygen atoms in total. The Morgan fingerprint density at radius 2 is 2.07 bits per heavy atom. The Morgan fingerprint density at radius 3 is 2.75 bits per heavy atom. The second kappa shape index (κ2) is 11.7. The van der Waals surface area contributed by atoms with Crippen LogP contribution < -0.4 is 10.6 Å². The molecule has 0 bridgehead atoms. The molecule has 0 spiro atoms. The molecule has 8 heteroatoms. The Morgan fingerprint density at radius 1 is 1.25 bits per heavy atom. The number of aliphatic imine (C=N–C) groups is 1. The fourth-order valence-electron chi connectivity index (χ4n) is 3.90. The van der Waals surface area contributed by atoms with Gasteiger partial charge in [0, 0.05) is 36.3 Å². The predicted molar refractivity (Wildman–Crippen MR) is 128 cm³/mol. The predicted octanol–water partition coefficient (Wildman–Crippen LogP) is 3.98. The normalized spacial score (nSPS) is 16.4. The van der Waals surface area contributed by atoms with Crippen molar-refractivity contribution in [2.75, 3.05) is 19.6 Å². The topological polar surface area (TPSA) is 67.1 Å². The number of nitrogens with zero attached hydrogens (tertiary/aromatic N) is 4. The lowest BCUT2D eigenvalue weighted by molar-refractivity contribution is 0.306. The molecule has 1 saturated carbocycles. The zero-order valence-electron chi connectivity index (χ0n) is 17.0. The summed E-state index contributed by atoms with van der Waals surface area (Å²) >= 11 is 1.89. The van der Waals surface area contributed by atoms with Gasteiger partial charge in [0.25, 0.3) is 0 Å². The van der Waals surface area contributed by atoms with E-state index in [0.29, 0.717) is 0 Å². The zero-order valence-corrected chi connectivity index (χ0v) is 20.1. The summed E-state index contributed by atoms with van der Waals surface area (Å²) in [7, 11) is 0. The lowest BCUT2D eigenvalue weighted by Crippen LogP contribution is -2.41. The van der Waals surface area contributed by atoms with Crippen LogP contribution in [0.3, 0.4) is 0 Å². The summed E-state index contributed by atoms with van der Waals surface area (Å²) in [4.78, 5) is 6.49. The molecule has 28 heavy (non-hydrogen) atoms. The van der Waals surface area contributed by atoms with Crippen molar-refractivity contribution in [2.24, 2.45) is 4.99 Å². The molecular weight excluding hydrogens is 483 g/mol. The molecule has 0 unspecified atom stereocenters. The molecule has 0 radical (unpaired) electrons. The van der Waals surface area contributed by atoms with Crippen LogP contribution in [0.2, 0.25) is 0 Å². The Hall–Kier alpha value is -1.16. The molecule has 2 N–H and O–H groups in total. The number of aryl methyl sites for hydroxylation is 1. The highest BCUT2D eigenvalue weighted by molar-refractivity contribution is 14.0. The first-order valence-corrected chi connectivity index (χ1v) is 11.1. The average molecular weight is 516 g/mol. The van der Waals surface area contributed by atoms with Crippen molar-refractivity contribution in [1.82, 2.24) is 25.4 Å². The lowest BCUT2D eigenvalue weighted by atomic mass is 9.73. The molecule has 3 rings (SSSR count). The third-order valence-corrected chi connectivity index (χ3v) is 6.51. The number of rotatable bonds is 8. The number of nitrogens with one attached hydrogen (secondary N) is 2. The Bertz CT molecular complexity index is 706. The van der Waals surface area contributed by atoms with Crippen molar-refractivity contribution < 1.29 is 0 Å². The van der Waals surface area contributed by atoms with Gasteiger partial charge in [-0.3, -0.25) is 4.99 Å². The molecule has 0 aliphatic heterocycles. The van der Waals surface area contributed by atoms with Crippen LogP contribution >= 0.6 is 35.3 Å². The summed E-state index contributed by atoms with van der Waals surface area (Å²) in [5, 5.41) is 17.2. The second-order valence-electron chi connectivity index (χ2n) is 7.23. The number of thiophene rings is 1. The summed E-state index contributed by atoms with van der Waals surface area (Å²) in [6.07, 6.45) is 9.17. The smallest absolute Gasteiger partial charge is 0.191 e. The van der Waals surface area contributed by atoms with Gasteiger partial charge in [0.1, 0.15) is 12.2 Å². The Labute approximate surface area is 189 Å². The lowest BCUT2D eigenvalue weighted by Gasteiger charge is -2.35. The molecule has 2 aromatic rings. The van der Waals surface area contributed by atoms with E-state index < -0.39 is 0 Å². The van der Waals surface area contributed by atoms with Gasteiger partial charge in [-0.05, 0) is 31.2 Å². The fraction of sp³-hybridized carbons (Fsp3) is 0.650. The highest BCUT2D eigenvalue weighted by atomic mass is 127. The van der Waals surface area contributed by atoms with Gasteiger partial charge in [0.15, 0.2) is 5.96 Å². The first-order valence-electron chi connectivity index (χ1n) is 10.2. The molecular formula is C20H33IN6S. The van der Waals surface area contributed by atoms with Gasteiger partial charge < -0.3 is 15.2 Å². The zero-order chi connectivity index (χ0) is 19.0. The highest BCUT2D eigenvalue weighted by Crippen LogP contribution is 2.41. The van der Waals surface area contributed by atoms with E-state index in [1.165, 1.54) is 37.0 Å². The molecule has 2 heterocycles. The second-order valence-corrected chi connectivity index (χ2v) is 8.18. The first-order chi connectivity index (χ1) is 13.3. The van der Waals surface area contributed by atoms with Crippen molar-refractivity contribution in [3.8, 4) is 0 Å². The number of hydrogen-bond acceptors (Lipinski definition) is 4. The van der Waals surface area contributed by atoms with Crippen LogP contribution in [0.15, 0.2) is 28.8 Å². The summed E-state index contributed by atoms with van der Waals surface area (Å²) in [5.41, 5.74) is 0.221. The maximum absolute atomic E-state index is 4.99. The SMILES string of the molecule is CCNC(=NCC1(c2cccs2)CCCCC1)NCCn1cnnc1CC.I. The van der Waals surface area contributed by atoms with Crippen LogP contribution in [0.1, 0.15) is 56.7 Å². The van der Waals surface area contributed by atoms with Gasteiger partial charge in [-0.1, -0.05) is 32.3 Å². The van der Waals surface area contributed by atoms with E-state index in [1.54, 1.807) is 6.33 Å². The third-order valence-electron chi connectivity index (χ3n) is 5.40. The molecule has 1 fully saturated rings. The van der Waals surface area contributed by atoms with Gasteiger partial charge in [0.05, 0.1) is 6.54 Å². The molecule has 0 atom stereocenters. The van der Waals surface area contributed by atoms with Gasteiger partial charge in [0.2, 0.25) is 0 Å². The number of guanidine groups is 1. The highest BCUT2D eigenvalue weighted by Gasteiger charge is 2.34. The number of halogens is 1. The van der Waals surface area contributed by atoms with Gasteiger partial charge in [-0.2, -0.15) is 0 Å². The van der Waals surface area contributed by atoms with Crippen LogP contribution in [-0.4, -0.2) is 40.4 Å². The summed E-state index contributed by atoms with van der Waals surface area (Å²) in [6, 6.07) is 4.47. The molecule has 1 aliphatic carbocycles. The van der Waals surface area contributed by atoms with E-state index in [4.69, 9.17) is 4.99 Å². The largest absolute Gasteiger partial charge is 0.357 e. The minimum absolute atomic E-state index is 0. The van der Waals surface area contributed by atoms with Crippen molar-refractivity contribution >= 4 is 41.3 Å². The first kappa shape index (κ1) is 23.1. The van der Waals surface area contributed by atoms with E-state index in [1.807, 2.05) is 11.3 Å². The summed E-state index contributed by atoms with van der Waals surface area (Å²) < 4.78 is 2.10. The molecule has 2 aromatic heterocycles. The van der Waals surface area contributed by atoms with Gasteiger partial charge in [-0.25, -0.2) is 0 Å². The third kappa shape index (κ3) is 5.92. The van der Waals surface area contributed by atoms with Crippen molar-refractivity contribution in [3.63, 3.8) is 0 Å². The number of aromatic nitrogens is 3. The summed E-state index contributed by atoms with van der Waals surface area (Å²) in [6.45, 7) is 7.59.